The molecule has 1 aromatic carbocycles. The van der Waals surface area contributed by atoms with Crippen LogP contribution in [0.15, 0.2) is 24.3 Å². The van der Waals surface area contributed by atoms with Gasteiger partial charge in [0.25, 0.3) is 0 Å². The van der Waals surface area contributed by atoms with Gasteiger partial charge in [-0.1, -0.05) is 24.3 Å². The van der Waals surface area contributed by atoms with E-state index in [9.17, 15) is 4.79 Å². The number of nitrogens with one attached hydrogen (secondary N) is 1. The van der Waals surface area contributed by atoms with Gasteiger partial charge >= 0.3 is 6.03 Å². The van der Waals surface area contributed by atoms with Gasteiger partial charge in [0.15, 0.2) is 0 Å². The van der Waals surface area contributed by atoms with Crippen molar-refractivity contribution in [1.82, 2.24) is 15.1 Å². The molecule has 0 atom stereocenters. The Hall–Kier alpha value is -1.59. The molecule has 0 aromatic heterocycles. The SMILES string of the molecule is CCNC(=O)N(CCCN1CCOCC1)Cc1ccccc1C. The van der Waals surface area contributed by atoms with Crippen LogP contribution in [0.5, 0.6) is 0 Å². The zero-order valence-electron chi connectivity index (χ0n) is 14.4. The molecule has 1 aromatic rings. The third-order valence-corrected chi connectivity index (χ3v) is 4.24. The van der Waals surface area contributed by atoms with Gasteiger partial charge in [-0.3, -0.25) is 4.90 Å². The normalized spacial score (nSPS) is 15.4. The average molecular weight is 319 g/mol. The number of aryl methyl sites for hydroxylation is 1. The van der Waals surface area contributed by atoms with Crippen molar-refractivity contribution in [1.29, 1.82) is 0 Å². The van der Waals surface area contributed by atoms with Gasteiger partial charge < -0.3 is 15.0 Å². The monoisotopic (exact) mass is 319 g/mol. The largest absolute Gasteiger partial charge is 0.379 e. The summed E-state index contributed by atoms with van der Waals surface area (Å²) in [6, 6.07) is 8.29. The van der Waals surface area contributed by atoms with Gasteiger partial charge in [0.1, 0.15) is 0 Å². The molecule has 1 aliphatic rings. The molecule has 1 saturated heterocycles. The first-order valence-electron chi connectivity index (χ1n) is 8.58. The van der Waals surface area contributed by atoms with Crippen molar-refractivity contribution in [2.75, 3.05) is 45.9 Å². The van der Waals surface area contributed by atoms with Crippen LogP contribution < -0.4 is 5.32 Å². The van der Waals surface area contributed by atoms with Gasteiger partial charge in [0.05, 0.1) is 13.2 Å². The van der Waals surface area contributed by atoms with E-state index in [-0.39, 0.29) is 6.03 Å². The number of hydrogen-bond acceptors (Lipinski definition) is 3. The van der Waals surface area contributed by atoms with E-state index < -0.39 is 0 Å². The summed E-state index contributed by atoms with van der Waals surface area (Å²) in [5.41, 5.74) is 2.44. The minimum Gasteiger partial charge on any atom is -0.379 e. The van der Waals surface area contributed by atoms with Crippen molar-refractivity contribution in [3.05, 3.63) is 35.4 Å². The van der Waals surface area contributed by atoms with Gasteiger partial charge in [-0.15, -0.1) is 0 Å². The van der Waals surface area contributed by atoms with Crippen LogP contribution in [0.25, 0.3) is 0 Å². The lowest BCUT2D eigenvalue weighted by molar-refractivity contribution is 0.0364. The van der Waals surface area contributed by atoms with E-state index in [4.69, 9.17) is 4.74 Å². The zero-order chi connectivity index (χ0) is 16.5. The van der Waals surface area contributed by atoms with Crippen molar-refractivity contribution in [2.24, 2.45) is 0 Å². The number of morpholine rings is 1. The molecule has 0 radical (unpaired) electrons. The Balaban J connectivity index is 1.88. The molecule has 5 heteroatoms. The number of amides is 2. The minimum atomic E-state index is 0.0257. The predicted octanol–water partition coefficient (Wildman–Crippen LogP) is 2.25. The molecule has 1 aliphatic heterocycles. The summed E-state index contributed by atoms with van der Waals surface area (Å²) in [6.45, 7) is 10.8. The number of carbonyl (C=O) groups excluding carboxylic acids is 1. The number of ether oxygens (including phenoxy) is 1. The average Bonchev–Trinajstić information content (AvgIpc) is 2.57. The second-order valence-corrected chi connectivity index (χ2v) is 5.99. The first-order valence-corrected chi connectivity index (χ1v) is 8.58. The van der Waals surface area contributed by atoms with Gasteiger partial charge in [-0.2, -0.15) is 0 Å². The number of urea groups is 1. The fourth-order valence-corrected chi connectivity index (χ4v) is 2.82. The van der Waals surface area contributed by atoms with Crippen LogP contribution in [0, 0.1) is 6.92 Å². The molecule has 1 N–H and O–H groups in total. The fourth-order valence-electron chi connectivity index (χ4n) is 2.82. The first-order chi connectivity index (χ1) is 11.2. The molecule has 1 heterocycles. The molecule has 1 fully saturated rings. The second kappa shape index (κ2) is 9.53. The summed E-state index contributed by atoms with van der Waals surface area (Å²) in [5, 5.41) is 2.93. The molecule has 128 valence electrons. The van der Waals surface area contributed by atoms with Crippen LogP contribution in [0.1, 0.15) is 24.5 Å². The summed E-state index contributed by atoms with van der Waals surface area (Å²) in [7, 11) is 0. The lowest BCUT2D eigenvalue weighted by Crippen LogP contribution is -2.42. The Kier molecular flexibility index (Phi) is 7.36. The highest BCUT2D eigenvalue weighted by atomic mass is 16.5. The van der Waals surface area contributed by atoms with E-state index in [1.807, 2.05) is 24.0 Å². The molecule has 2 rings (SSSR count). The van der Waals surface area contributed by atoms with Crippen molar-refractivity contribution in [2.45, 2.75) is 26.8 Å². The molecule has 0 saturated carbocycles. The van der Waals surface area contributed by atoms with E-state index in [1.165, 1.54) is 11.1 Å². The summed E-state index contributed by atoms with van der Waals surface area (Å²) >= 11 is 0. The smallest absolute Gasteiger partial charge is 0.317 e. The predicted molar refractivity (Wildman–Crippen MR) is 92.5 cm³/mol. The number of benzene rings is 1. The summed E-state index contributed by atoms with van der Waals surface area (Å²) < 4.78 is 5.37. The van der Waals surface area contributed by atoms with Crippen LogP contribution in [-0.2, 0) is 11.3 Å². The molecule has 0 bridgehead atoms. The van der Waals surface area contributed by atoms with Gasteiger partial charge in [0.2, 0.25) is 0 Å². The summed E-state index contributed by atoms with van der Waals surface area (Å²) in [6.07, 6.45) is 0.989. The molecule has 0 aliphatic carbocycles. The van der Waals surface area contributed by atoms with Crippen LogP contribution in [0.2, 0.25) is 0 Å². The highest BCUT2D eigenvalue weighted by Gasteiger charge is 2.15. The maximum atomic E-state index is 12.3. The van der Waals surface area contributed by atoms with Crippen molar-refractivity contribution >= 4 is 6.03 Å². The molecular weight excluding hydrogens is 290 g/mol. The van der Waals surface area contributed by atoms with E-state index >= 15 is 0 Å². The maximum Gasteiger partial charge on any atom is 0.317 e. The number of nitrogens with zero attached hydrogens (tertiary/aromatic N) is 2. The number of rotatable bonds is 7. The van der Waals surface area contributed by atoms with E-state index in [2.05, 4.69) is 29.3 Å². The fraction of sp³-hybridized carbons (Fsp3) is 0.611. The lowest BCUT2D eigenvalue weighted by atomic mass is 10.1. The van der Waals surface area contributed by atoms with Gasteiger partial charge in [-0.25, -0.2) is 4.79 Å². The maximum absolute atomic E-state index is 12.3. The Morgan fingerprint density at radius 2 is 2.04 bits per heavy atom. The van der Waals surface area contributed by atoms with Crippen molar-refractivity contribution in [3.63, 3.8) is 0 Å². The lowest BCUT2D eigenvalue weighted by Gasteiger charge is -2.28. The highest BCUT2D eigenvalue weighted by Crippen LogP contribution is 2.11. The Morgan fingerprint density at radius 1 is 1.30 bits per heavy atom. The Bertz CT molecular complexity index is 487. The number of hydrogen-bond donors (Lipinski definition) is 1. The van der Waals surface area contributed by atoms with Crippen LogP contribution in [0.3, 0.4) is 0 Å². The molecule has 0 unspecified atom stereocenters. The molecule has 2 amide bonds. The van der Waals surface area contributed by atoms with E-state index in [0.717, 1.165) is 45.8 Å². The van der Waals surface area contributed by atoms with Crippen LogP contribution in [-0.4, -0.2) is 61.8 Å². The molecule has 23 heavy (non-hydrogen) atoms. The first kappa shape index (κ1) is 17.8. The summed E-state index contributed by atoms with van der Waals surface area (Å²) in [5.74, 6) is 0. The van der Waals surface area contributed by atoms with Gasteiger partial charge in [-0.05, 0) is 31.4 Å². The van der Waals surface area contributed by atoms with Gasteiger partial charge in [0, 0.05) is 39.3 Å². The highest BCUT2D eigenvalue weighted by molar-refractivity contribution is 5.74. The zero-order valence-corrected chi connectivity index (χ0v) is 14.4. The van der Waals surface area contributed by atoms with E-state index in [1.54, 1.807) is 0 Å². The minimum absolute atomic E-state index is 0.0257. The third-order valence-electron chi connectivity index (χ3n) is 4.24. The quantitative estimate of drug-likeness (QED) is 0.838. The molecular formula is C18H29N3O2. The van der Waals surface area contributed by atoms with Crippen LogP contribution in [0.4, 0.5) is 4.79 Å². The van der Waals surface area contributed by atoms with Crippen molar-refractivity contribution < 1.29 is 9.53 Å². The topological polar surface area (TPSA) is 44.8 Å². The molecule has 5 nitrogen and oxygen atoms in total. The van der Waals surface area contributed by atoms with Crippen molar-refractivity contribution in [3.8, 4) is 0 Å². The van der Waals surface area contributed by atoms with Crippen LogP contribution >= 0.6 is 0 Å². The van der Waals surface area contributed by atoms with E-state index in [0.29, 0.717) is 13.1 Å². The summed E-state index contributed by atoms with van der Waals surface area (Å²) in [4.78, 5) is 16.7. The second-order valence-electron chi connectivity index (χ2n) is 5.99. The third kappa shape index (κ3) is 5.84. The Labute approximate surface area is 139 Å². The Morgan fingerprint density at radius 3 is 2.74 bits per heavy atom. The molecule has 0 spiro atoms. The number of carbonyl (C=O) groups is 1. The standard InChI is InChI=1S/C18H29N3O2/c1-3-19-18(22)21(15-17-8-5-4-7-16(17)2)10-6-9-20-11-13-23-14-12-20/h4-5,7-8H,3,6,9-15H2,1-2H3,(H,19,22).